The molecule has 0 aromatic heterocycles. The van der Waals surface area contributed by atoms with Crippen molar-refractivity contribution in [2.75, 3.05) is 33.0 Å². The molecule has 6 aliphatic rings. The molecule has 0 bridgehead atoms. The Morgan fingerprint density at radius 2 is 1.39 bits per heavy atom. The van der Waals surface area contributed by atoms with Gasteiger partial charge in [0, 0.05) is 12.8 Å². The summed E-state index contributed by atoms with van der Waals surface area (Å²) in [6, 6.07) is 0. The number of ether oxygens (including phenoxy) is 8. The van der Waals surface area contributed by atoms with Gasteiger partial charge in [0.2, 0.25) is 0 Å². The minimum atomic E-state index is -1.41. The van der Waals surface area contributed by atoms with E-state index in [-0.39, 0.29) is 12.2 Å². The molecule has 4 aliphatic heterocycles. The zero-order chi connectivity index (χ0) is 18.8. The van der Waals surface area contributed by atoms with Crippen LogP contribution in [0.15, 0.2) is 0 Å². The van der Waals surface area contributed by atoms with Crippen molar-refractivity contribution >= 4 is 0 Å². The van der Waals surface area contributed by atoms with Gasteiger partial charge in [-0.2, -0.15) is 0 Å². The number of hydrogen-bond donors (Lipinski definition) is 0. The molecule has 158 valence electrons. The molecule has 8 heteroatoms. The van der Waals surface area contributed by atoms with Crippen molar-refractivity contribution in [3.63, 3.8) is 0 Å². The lowest BCUT2D eigenvalue weighted by atomic mass is 10.0. The standard InChI is InChI=1S/C20H30O8/c1-2-19(28-13-5-17-18(6-13)27-17)10-24-20(25-11-19)22-8-14(9-23-20)21-7-12-3-15-16(4-12)26-15/h12-18H,2-11H2,1H3. The second-order valence-corrected chi connectivity index (χ2v) is 9.17. The molecule has 2 saturated carbocycles. The van der Waals surface area contributed by atoms with E-state index in [1.54, 1.807) is 0 Å². The normalized spacial score (nSPS) is 54.5. The average molecular weight is 398 g/mol. The number of rotatable bonds is 6. The first-order valence-electron chi connectivity index (χ1n) is 10.8. The van der Waals surface area contributed by atoms with Crippen molar-refractivity contribution < 1.29 is 37.9 Å². The monoisotopic (exact) mass is 398 g/mol. The maximum absolute atomic E-state index is 6.38. The second-order valence-electron chi connectivity index (χ2n) is 9.17. The highest BCUT2D eigenvalue weighted by molar-refractivity contribution is 4.98. The van der Waals surface area contributed by atoms with Gasteiger partial charge in [-0.3, -0.25) is 0 Å². The first-order chi connectivity index (χ1) is 13.6. The van der Waals surface area contributed by atoms with E-state index >= 15 is 0 Å². The van der Waals surface area contributed by atoms with Gasteiger partial charge in [0.1, 0.15) is 11.7 Å². The molecule has 2 aliphatic carbocycles. The van der Waals surface area contributed by atoms with Crippen LogP contribution >= 0.6 is 0 Å². The summed E-state index contributed by atoms with van der Waals surface area (Å²) in [5.41, 5.74) is -0.446. The molecule has 4 unspecified atom stereocenters. The van der Waals surface area contributed by atoms with E-state index < -0.39 is 11.8 Å². The van der Waals surface area contributed by atoms with Crippen molar-refractivity contribution in [3.05, 3.63) is 0 Å². The molecule has 0 N–H and O–H groups in total. The lowest BCUT2D eigenvalue weighted by Gasteiger charge is -2.47. The zero-order valence-corrected chi connectivity index (χ0v) is 16.4. The highest BCUT2D eigenvalue weighted by atomic mass is 17.0. The van der Waals surface area contributed by atoms with Crippen LogP contribution in [0.5, 0.6) is 0 Å². The molecule has 0 radical (unpaired) electrons. The van der Waals surface area contributed by atoms with Crippen molar-refractivity contribution in [3.8, 4) is 0 Å². The van der Waals surface area contributed by atoms with Gasteiger partial charge in [0.25, 0.3) is 0 Å². The molecular formula is C20H30O8. The Kier molecular flexibility index (Phi) is 4.51. The second kappa shape index (κ2) is 6.85. The van der Waals surface area contributed by atoms with Crippen LogP contribution in [0.3, 0.4) is 0 Å². The molecule has 0 aromatic rings. The predicted octanol–water partition coefficient (Wildman–Crippen LogP) is 1.35. The summed E-state index contributed by atoms with van der Waals surface area (Å²) in [7, 11) is 0. The van der Waals surface area contributed by atoms with Gasteiger partial charge >= 0.3 is 6.16 Å². The quantitative estimate of drug-likeness (QED) is 0.621. The van der Waals surface area contributed by atoms with Gasteiger partial charge in [0.15, 0.2) is 0 Å². The lowest BCUT2D eigenvalue weighted by Crippen LogP contribution is -2.60. The highest BCUT2D eigenvalue weighted by Gasteiger charge is 2.54. The number of fused-ring (bicyclic) bond motifs is 2. The summed E-state index contributed by atoms with van der Waals surface area (Å²) in [5, 5.41) is 0. The van der Waals surface area contributed by atoms with Crippen LogP contribution in [0.4, 0.5) is 0 Å². The Hall–Kier alpha value is -0.320. The fraction of sp³-hybridized carbons (Fsp3) is 1.00. The summed E-state index contributed by atoms with van der Waals surface area (Å²) in [6.45, 7) is 4.43. The number of epoxide rings is 2. The summed E-state index contributed by atoms with van der Waals surface area (Å²) in [5.74, 6) is 0.594. The molecule has 4 saturated heterocycles. The Morgan fingerprint density at radius 1 is 0.786 bits per heavy atom. The van der Waals surface area contributed by atoms with Crippen molar-refractivity contribution in [2.24, 2.45) is 5.92 Å². The van der Waals surface area contributed by atoms with E-state index in [2.05, 4.69) is 6.92 Å². The molecule has 0 aromatic carbocycles. The lowest BCUT2D eigenvalue weighted by molar-refractivity contribution is -0.546. The summed E-state index contributed by atoms with van der Waals surface area (Å²) in [6.07, 6.45) is 5.49. The topological polar surface area (TPSA) is 80.4 Å². The van der Waals surface area contributed by atoms with Crippen LogP contribution in [0, 0.1) is 5.92 Å². The van der Waals surface area contributed by atoms with Crippen molar-refractivity contribution in [1.82, 2.24) is 0 Å². The van der Waals surface area contributed by atoms with E-state index in [1.807, 2.05) is 0 Å². The molecule has 6 fully saturated rings. The van der Waals surface area contributed by atoms with Crippen LogP contribution in [0.2, 0.25) is 0 Å². The Labute approximate surface area is 165 Å². The largest absolute Gasteiger partial charge is 0.413 e. The van der Waals surface area contributed by atoms with E-state index in [9.17, 15) is 0 Å². The van der Waals surface area contributed by atoms with Crippen LogP contribution in [-0.2, 0) is 37.9 Å². The molecule has 1 spiro atoms. The highest BCUT2D eigenvalue weighted by Crippen LogP contribution is 2.44. The fourth-order valence-corrected chi connectivity index (χ4v) is 5.03. The van der Waals surface area contributed by atoms with E-state index in [0.29, 0.717) is 56.8 Å². The maximum Gasteiger partial charge on any atom is 0.413 e. The summed E-state index contributed by atoms with van der Waals surface area (Å²) < 4.78 is 46.8. The molecular weight excluding hydrogens is 368 g/mol. The van der Waals surface area contributed by atoms with Crippen LogP contribution in [0.1, 0.15) is 39.0 Å². The summed E-state index contributed by atoms with van der Waals surface area (Å²) >= 11 is 0. The fourth-order valence-electron chi connectivity index (χ4n) is 5.03. The van der Waals surface area contributed by atoms with Gasteiger partial charge < -0.3 is 37.9 Å². The number of hydrogen-bond acceptors (Lipinski definition) is 8. The van der Waals surface area contributed by atoms with Crippen LogP contribution in [-0.4, -0.2) is 81.4 Å². The maximum atomic E-state index is 6.38. The van der Waals surface area contributed by atoms with E-state index in [4.69, 9.17) is 37.9 Å². The Morgan fingerprint density at radius 3 is 2.00 bits per heavy atom. The zero-order valence-electron chi connectivity index (χ0n) is 16.4. The molecule has 4 atom stereocenters. The minimum absolute atomic E-state index is 0.0880. The smallest absolute Gasteiger partial charge is 0.373 e. The first-order valence-corrected chi connectivity index (χ1v) is 10.8. The predicted molar refractivity (Wildman–Crippen MR) is 93.5 cm³/mol. The molecule has 6 rings (SSSR count). The van der Waals surface area contributed by atoms with Crippen LogP contribution in [0.25, 0.3) is 0 Å². The van der Waals surface area contributed by atoms with Gasteiger partial charge in [-0.25, -0.2) is 0 Å². The van der Waals surface area contributed by atoms with E-state index in [0.717, 1.165) is 38.7 Å². The molecule has 4 heterocycles. The average Bonchev–Trinajstić information content (AvgIpc) is 3.56. The first kappa shape index (κ1) is 18.4. The molecule has 0 amide bonds. The van der Waals surface area contributed by atoms with E-state index in [1.165, 1.54) is 0 Å². The van der Waals surface area contributed by atoms with Crippen LogP contribution < -0.4 is 0 Å². The third-order valence-corrected chi connectivity index (χ3v) is 7.04. The third-order valence-electron chi connectivity index (χ3n) is 7.04. The Balaban J connectivity index is 0.961. The Bertz CT molecular complexity index is 561. The SMILES string of the molecule is CCC1(OC2CC3OC3C2)COC2(OCC(OCC3CC4OC4C3)CO2)OC1. The van der Waals surface area contributed by atoms with Gasteiger partial charge in [-0.15, -0.1) is 0 Å². The van der Waals surface area contributed by atoms with Gasteiger partial charge in [-0.05, 0) is 25.2 Å². The molecule has 8 nitrogen and oxygen atoms in total. The van der Waals surface area contributed by atoms with Crippen molar-refractivity contribution in [1.29, 1.82) is 0 Å². The van der Waals surface area contributed by atoms with Gasteiger partial charge in [-0.1, -0.05) is 6.92 Å². The van der Waals surface area contributed by atoms with Gasteiger partial charge in [0.05, 0.1) is 63.6 Å². The molecule has 28 heavy (non-hydrogen) atoms. The summed E-state index contributed by atoms with van der Waals surface area (Å²) in [4.78, 5) is 0. The minimum Gasteiger partial charge on any atom is -0.373 e. The third kappa shape index (κ3) is 3.52. The van der Waals surface area contributed by atoms with Crippen molar-refractivity contribution in [2.45, 2.75) is 87.4 Å².